The first-order valence-corrected chi connectivity index (χ1v) is 6.59. The summed E-state index contributed by atoms with van der Waals surface area (Å²) in [6.07, 6.45) is 0.935. The van der Waals surface area contributed by atoms with Gasteiger partial charge >= 0.3 is 0 Å². The van der Waals surface area contributed by atoms with Gasteiger partial charge in [0.1, 0.15) is 17.1 Å². The number of nitrogen functional groups attached to an aromatic ring is 1. The molecular weight excluding hydrogens is 294 g/mol. The van der Waals surface area contributed by atoms with Crippen LogP contribution in [-0.4, -0.2) is 21.3 Å². The van der Waals surface area contributed by atoms with Gasteiger partial charge in [-0.2, -0.15) is 0 Å². The molecule has 1 aromatic heterocycles. The highest BCUT2D eigenvalue weighted by atomic mass is 35.5. The maximum absolute atomic E-state index is 11.8. The molecule has 6 N–H and O–H groups in total. The van der Waals surface area contributed by atoms with Gasteiger partial charge in [0.05, 0.1) is 0 Å². The fraction of sp³-hybridized carbons (Fsp3) is 0.154. The van der Waals surface area contributed by atoms with Gasteiger partial charge in [-0.15, -0.1) is 11.6 Å². The van der Waals surface area contributed by atoms with Crippen molar-refractivity contribution in [2.45, 2.75) is 12.4 Å². The number of nitrogens with one attached hydrogen (secondary N) is 3. The molecule has 0 spiro atoms. The van der Waals surface area contributed by atoms with E-state index in [0.29, 0.717) is 11.4 Å². The summed E-state index contributed by atoms with van der Waals surface area (Å²) in [6.45, 7) is 0.198. The Morgan fingerprint density at radius 3 is 2.90 bits per heavy atom. The molecule has 0 saturated heterocycles. The van der Waals surface area contributed by atoms with E-state index in [0.717, 1.165) is 11.8 Å². The van der Waals surface area contributed by atoms with Gasteiger partial charge in [-0.25, -0.2) is 4.98 Å². The lowest BCUT2D eigenvalue weighted by molar-refractivity contribution is 0.468. The Morgan fingerprint density at radius 2 is 2.29 bits per heavy atom. The molecule has 0 aliphatic carbocycles. The third-order valence-corrected chi connectivity index (χ3v) is 3.17. The van der Waals surface area contributed by atoms with Crippen molar-refractivity contribution >= 4 is 29.5 Å². The monoisotopic (exact) mass is 307 g/mol. The first-order chi connectivity index (χ1) is 10.0. The van der Waals surface area contributed by atoms with Crippen molar-refractivity contribution in [3.8, 4) is 5.75 Å². The van der Waals surface area contributed by atoms with Crippen molar-refractivity contribution in [3.05, 3.63) is 45.4 Å². The molecular formula is C13H14ClN5O2. The summed E-state index contributed by atoms with van der Waals surface area (Å²) in [5, 5.41) is 20.0. The van der Waals surface area contributed by atoms with Crippen molar-refractivity contribution in [2.24, 2.45) is 0 Å². The molecule has 21 heavy (non-hydrogen) atoms. The Kier molecular flexibility index (Phi) is 4.44. The van der Waals surface area contributed by atoms with Gasteiger partial charge in [0, 0.05) is 24.2 Å². The van der Waals surface area contributed by atoms with E-state index in [1.165, 1.54) is 0 Å². The number of phenolic OH excluding ortho intramolecular Hbond substituents is 1. The number of anilines is 2. The third kappa shape index (κ3) is 3.32. The number of nitrogens with zero attached hydrogens (tertiary/aromatic N) is 1. The average Bonchev–Trinajstić information content (AvgIpc) is 2.46. The van der Waals surface area contributed by atoms with Crippen molar-refractivity contribution in [2.75, 3.05) is 11.1 Å². The lowest BCUT2D eigenvalue weighted by Crippen LogP contribution is -2.20. The van der Waals surface area contributed by atoms with E-state index in [1.54, 1.807) is 18.2 Å². The smallest absolute Gasteiger partial charge is 0.276 e. The van der Waals surface area contributed by atoms with Crippen LogP contribution >= 0.6 is 11.6 Å². The SMILES string of the molecule is N=Cc1nc(N)[nH]c(=O)c1NCc1ccc(CCl)cc1O. The molecule has 0 fully saturated rings. The number of benzene rings is 1. The second-order valence-electron chi connectivity index (χ2n) is 4.31. The average molecular weight is 308 g/mol. The molecule has 1 aromatic carbocycles. The Hall–Kier alpha value is -2.54. The van der Waals surface area contributed by atoms with E-state index in [2.05, 4.69) is 15.3 Å². The largest absolute Gasteiger partial charge is 0.508 e. The summed E-state index contributed by atoms with van der Waals surface area (Å²) in [7, 11) is 0. The second kappa shape index (κ2) is 6.27. The molecule has 2 rings (SSSR count). The Balaban J connectivity index is 2.24. The zero-order valence-corrected chi connectivity index (χ0v) is 11.7. The molecule has 0 bridgehead atoms. The van der Waals surface area contributed by atoms with E-state index in [-0.39, 0.29) is 29.6 Å². The number of aromatic amines is 1. The minimum Gasteiger partial charge on any atom is -0.508 e. The minimum absolute atomic E-state index is 0.0571. The number of halogens is 1. The van der Waals surface area contributed by atoms with Crippen LogP contribution in [0.3, 0.4) is 0 Å². The molecule has 7 nitrogen and oxygen atoms in total. The normalized spacial score (nSPS) is 10.3. The van der Waals surface area contributed by atoms with Crippen LogP contribution in [0.15, 0.2) is 23.0 Å². The molecule has 110 valence electrons. The molecule has 0 saturated carbocycles. The second-order valence-corrected chi connectivity index (χ2v) is 4.57. The molecule has 1 heterocycles. The summed E-state index contributed by atoms with van der Waals surface area (Å²) >= 11 is 5.68. The predicted octanol–water partition coefficient (Wildman–Crippen LogP) is 1.41. The standard InChI is InChI=1S/C13H14ClN5O2/c14-4-7-1-2-8(10(20)3-7)6-17-11-9(5-15)18-13(16)19-12(11)21/h1-3,5,15,17,20H,4,6H2,(H3,16,18,19,21). The van der Waals surface area contributed by atoms with Gasteiger partial charge in [0.2, 0.25) is 5.95 Å². The molecule has 2 aromatic rings. The van der Waals surface area contributed by atoms with Crippen LogP contribution in [-0.2, 0) is 12.4 Å². The Morgan fingerprint density at radius 1 is 1.52 bits per heavy atom. The zero-order valence-electron chi connectivity index (χ0n) is 11.0. The van der Waals surface area contributed by atoms with Crippen LogP contribution in [0.2, 0.25) is 0 Å². The Labute approximate surface area is 125 Å². The molecule has 0 unspecified atom stereocenters. The van der Waals surface area contributed by atoms with Crippen molar-refractivity contribution in [3.63, 3.8) is 0 Å². The Bertz CT molecular complexity index is 729. The van der Waals surface area contributed by atoms with Crippen LogP contribution in [0, 0.1) is 5.41 Å². The summed E-state index contributed by atoms with van der Waals surface area (Å²) in [5.74, 6) is 0.330. The van der Waals surface area contributed by atoms with E-state index >= 15 is 0 Å². The topological polar surface area (TPSA) is 128 Å². The van der Waals surface area contributed by atoms with Crippen LogP contribution < -0.4 is 16.6 Å². The number of hydrogen-bond donors (Lipinski definition) is 5. The van der Waals surface area contributed by atoms with E-state index in [9.17, 15) is 9.90 Å². The zero-order chi connectivity index (χ0) is 15.4. The van der Waals surface area contributed by atoms with Gasteiger partial charge in [-0.3, -0.25) is 9.78 Å². The number of aromatic hydroxyl groups is 1. The van der Waals surface area contributed by atoms with Crippen LogP contribution in [0.1, 0.15) is 16.8 Å². The van der Waals surface area contributed by atoms with Gasteiger partial charge in [0.25, 0.3) is 5.56 Å². The fourth-order valence-corrected chi connectivity index (χ4v) is 1.98. The van der Waals surface area contributed by atoms with Crippen molar-refractivity contribution < 1.29 is 5.11 Å². The molecule has 0 amide bonds. The number of phenols is 1. The molecule has 0 atom stereocenters. The maximum atomic E-state index is 11.8. The summed E-state index contributed by atoms with van der Waals surface area (Å²) < 4.78 is 0. The van der Waals surface area contributed by atoms with Gasteiger partial charge in [0.15, 0.2) is 0 Å². The highest BCUT2D eigenvalue weighted by molar-refractivity contribution is 6.17. The highest BCUT2D eigenvalue weighted by Crippen LogP contribution is 2.21. The number of alkyl halides is 1. The third-order valence-electron chi connectivity index (χ3n) is 2.86. The number of hydrogen-bond acceptors (Lipinski definition) is 6. The molecule has 8 heteroatoms. The van der Waals surface area contributed by atoms with Crippen LogP contribution in [0.25, 0.3) is 0 Å². The summed E-state index contributed by atoms with van der Waals surface area (Å²) in [6, 6.07) is 5.06. The minimum atomic E-state index is -0.474. The molecule has 0 aliphatic rings. The molecule has 0 radical (unpaired) electrons. The van der Waals surface area contributed by atoms with Crippen LogP contribution in [0.5, 0.6) is 5.75 Å². The summed E-state index contributed by atoms with van der Waals surface area (Å²) in [5.41, 5.74) is 6.59. The predicted molar refractivity (Wildman–Crippen MR) is 82.1 cm³/mol. The first-order valence-electron chi connectivity index (χ1n) is 6.06. The van der Waals surface area contributed by atoms with Gasteiger partial charge < -0.3 is 21.6 Å². The quantitative estimate of drug-likeness (QED) is 0.421. The number of rotatable bonds is 5. The highest BCUT2D eigenvalue weighted by Gasteiger charge is 2.10. The van der Waals surface area contributed by atoms with E-state index < -0.39 is 5.56 Å². The first kappa shape index (κ1) is 14.9. The fourth-order valence-electron chi connectivity index (χ4n) is 1.81. The molecule has 0 aliphatic heterocycles. The van der Waals surface area contributed by atoms with Crippen molar-refractivity contribution in [1.82, 2.24) is 9.97 Å². The lowest BCUT2D eigenvalue weighted by atomic mass is 10.1. The van der Waals surface area contributed by atoms with Gasteiger partial charge in [-0.05, 0) is 11.6 Å². The number of H-pyrrole nitrogens is 1. The van der Waals surface area contributed by atoms with E-state index in [1.807, 2.05) is 0 Å². The van der Waals surface area contributed by atoms with Gasteiger partial charge in [-0.1, -0.05) is 12.1 Å². The van der Waals surface area contributed by atoms with Crippen LogP contribution in [0.4, 0.5) is 11.6 Å². The number of nitrogens with two attached hydrogens (primary N) is 1. The maximum Gasteiger partial charge on any atom is 0.276 e. The summed E-state index contributed by atoms with van der Waals surface area (Å²) in [4.78, 5) is 18.0. The van der Waals surface area contributed by atoms with Crippen molar-refractivity contribution in [1.29, 1.82) is 5.41 Å². The van der Waals surface area contributed by atoms with E-state index in [4.69, 9.17) is 22.7 Å². The lowest BCUT2D eigenvalue weighted by Gasteiger charge is -2.10. The number of aromatic nitrogens is 2.